The van der Waals surface area contributed by atoms with E-state index in [1.54, 1.807) is 0 Å². The molecule has 2 heteroatoms. The van der Waals surface area contributed by atoms with E-state index in [0.717, 1.165) is 12.5 Å². The number of nitrogens with zero attached hydrogens (tertiary/aromatic N) is 1. The molecule has 21 heavy (non-hydrogen) atoms. The quantitative estimate of drug-likeness (QED) is 0.842. The molecular formula is C19H32N2. The van der Waals surface area contributed by atoms with E-state index in [1.807, 2.05) is 0 Å². The topological polar surface area (TPSA) is 29.3 Å². The molecule has 1 aliphatic rings. The van der Waals surface area contributed by atoms with Crippen LogP contribution in [0.1, 0.15) is 64.0 Å². The molecule has 2 rings (SSSR count). The Morgan fingerprint density at radius 1 is 1.19 bits per heavy atom. The van der Waals surface area contributed by atoms with Crippen LogP contribution in [0, 0.1) is 5.41 Å². The van der Waals surface area contributed by atoms with E-state index in [4.69, 9.17) is 5.73 Å². The minimum absolute atomic E-state index is 0.185. The van der Waals surface area contributed by atoms with Gasteiger partial charge in [0.25, 0.3) is 0 Å². The van der Waals surface area contributed by atoms with Crippen molar-refractivity contribution >= 4 is 0 Å². The van der Waals surface area contributed by atoms with Crippen LogP contribution in [0.5, 0.6) is 0 Å². The van der Waals surface area contributed by atoms with Crippen LogP contribution in [-0.4, -0.2) is 24.5 Å². The Kier molecular flexibility index (Phi) is 5.83. The first kappa shape index (κ1) is 16.5. The molecule has 0 amide bonds. The van der Waals surface area contributed by atoms with E-state index in [-0.39, 0.29) is 6.04 Å². The van der Waals surface area contributed by atoms with Gasteiger partial charge < -0.3 is 10.6 Å². The standard InChI is InChI=1S/C19H32N2/c1-19(2)13-11-17(12-14-19)21(3)15-7-10-18(20)16-8-5-4-6-9-16/h4-6,8-9,17-18H,7,10-15,20H2,1-3H3. The predicted molar refractivity (Wildman–Crippen MR) is 91.3 cm³/mol. The molecule has 0 aliphatic heterocycles. The average molecular weight is 288 g/mol. The van der Waals surface area contributed by atoms with E-state index in [1.165, 1.54) is 44.2 Å². The van der Waals surface area contributed by atoms with Gasteiger partial charge in [0.2, 0.25) is 0 Å². The summed E-state index contributed by atoms with van der Waals surface area (Å²) in [6.45, 7) is 5.98. The molecular weight excluding hydrogens is 256 g/mol. The zero-order valence-electron chi connectivity index (χ0n) is 14.0. The van der Waals surface area contributed by atoms with E-state index in [0.29, 0.717) is 5.41 Å². The molecule has 118 valence electrons. The van der Waals surface area contributed by atoms with Crippen molar-refractivity contribution < 1.29 is 0 Å². The Morgan fingerprint density at radius 3 is 2.43 bits per heavy atom. The highest BCUT2D eigenvalue weighted by molar-refractivity contribution is 5.18. The van der Waals surface area contributed by atoms with Crippen molar-refractivity contribution in [3.05, 3.63) is 35.9 Å². The second kappa shape index (κ2) is 7.42. The van der Waals surface area contributed by atoms with Gasteiger partial charge in [0.15, 0.2) is 0 Å². The molecule has 2 N–H and O–H groups in total. The summed E-state index contributed by atoms with van der Waals surface area (Å²) in [7, 11) is 2.29. The summed E-state index contributed by atoms with van der Waals surface area (Å²) in [4.78, 5) is 2.56. The highest BCUT2D eigenvalue weighted by Gasteiger charge is 2.28. The van der Waals surface area contributed by atoms with Gasteiger partial charge in [-0.25, -0.2) is 0 Å². The third-order valence-electron chi connectivity index (χ3n) is 5.19. The molecule has 1 aliphatic carbocycles. The maximum Gasteiger partial charge on any atom is 0.0295 e. The van der Waals surface area contributed by atoms with Gasteiger partial charge in [-0.15, -0.1) is 0 Å². The summed E-state index contributed by atoms with van der Waals surface area (Å²) in [5, 5.41) is 0. The van der Waals surface area contributed by atoms with Crippen LogP contribution < -0.4 is 5.73 Å². The highest BCUT2D eigenvalue weighted by Crippen LogP contribution is 2.36. The first-order chi connectivity index (χ1) is 9.98. The van der Waals surface area contributed by atoms with Crippen molar-refractivity contribution in [2.75, 3.05) is 13.6 Å². The normalized spacial score (nSPS) is 20.6. The van der Waals surface area contributed by atoms with E-state index >= 15 is 0 Å². The largest absolute Gasteiger partial charge is 0.324 e. The molecule has 0 radical (unpaired) electrons. The fourth-order valence-electron chi connectivity index (χ4n) is 3.43. The molecule has 1 unspecified atom stereocenters. The van der Waals surface area contributed by atoms with Crippen LogP contribution in [0.2, 0.25) is 0 Å². The van der Waals surface area contributed by atoms with Gasteiger partial charge in [-0.05, 0) is 63.1 Å². The van der Waals surface area contributed by atoms with Crippen LogP contribution in [0.3, 0.4) is 0 Å². The van der Waals surface area contributed by atoms with Gasteiger partial charge >= 0.3 is 0 Å². The second-order valence-electron chi connectivity index (χ2n) is 7.54. The fraction of sp³-hybridized carbons (Fsp3) is 0.684. The smallest absolute Gasteiger partial charge is 0.0295 e. The molecule has 1 fully saturated rings. The molecule has 0 spiro atoms. The minimum Gasteiger partial charge on any atom is -0.324 e. The van der Waals surface area contributed by atoms with E-state index in [2.05, 4.69) is 56.1 Å². The summed E-state index contributed by atoms with van der Waals surface area (Å²) in [6, 6.07) is 11.4. The maximum atomic E-state index is 6.28. The van der Waals surface area contributed by atoms with Gasteiger partial charge in [0.1, 0.15) is 0 Å². The van der Waals surface area contributed by atoms with E-state index in [9.17, 15) is 0 Å². The van der Waals surface area contributed by atoms with Crippen LogP contribution in [-0.2, 0) is 0 Å². The zero-order chi connectivity index (χ0) is 15.3. The summed E-state index contributed by atoms with van der Waals surface area (Å²) in [5.74, 6) is 0. The molecule has 1 atom stereocenters. The van der Waals surface area contributed by atoms with Crippen LogP contribution in [0.4, 0.5) is 0 Å². The SMILES string of the molecule is CN(CCCC(N)c1ccccc1)C1CCC(C)(C)CC1. The van der Waals surface area contributed by atoms with Crippen molar-refractivity contribution in [2.24, 2.45) is 11.1 Å². The lowest BCUT2D eigenvalue weighted by atomic mass is 9.75. The maximum absolute atomic E-state index is 6.28. The van der Waals surface area contributed by atoms with Crippen LogP contribution in [0.25, 0.3) is 0 Å². The average Bonchev–Trinajstić information content (AvgIpc) is 2.47. The monoisotopic (exact) mass is 288 g/mol. The molecule has 0 aromatic heterocycles. The van der Waals surface area contributed by atoms with Crippen molar-refractivity contribution in [1.82, 2.24) is 4.90 Å². The number of hydrogen-bond donors (Lipinski definition) is 1. The highest BCUT2D eigenvalue weighted by atomic mass is 15.1. The molecule has 0 bridgehead atoms. The summed E-state index contributed by atoms with van der Waals surface area (Å²) < 4.78 is 0. The second-order valence-corrected chi connectivity index (χ2v) is 7.54. The summed E-state index contributed by atoms with van der Waals surface area (Å²) in [6.07, 6.45) is 7.71. The number of benzene rings is 1. The molecule has 2 nitrogen and oxygen atoms in total. The zero-order valence-corrected chi connectivity index (χ0v) is 14.0. The Bertz CT molecular complexity index is 403. The van der Waals surface area contributed by atoms with E-state index < -0.39 is 0 Å². The van der Waals surface area contributed by atoms with Crippen molar-refractivity contribution in [2.45, 2.75) is 64.5 Å². The molecule has 0 heterocycles. The lowest BCUT2D eigenvalue weighted by Gasteiger charge is -2.38. The first-order valence-electron chi connectivity index (χ1n) is 8.49. The van der Waals surface area contributed by atoms with Crippen molar-refractivity contribution in [3.63, 3.8) is 0 Å². The predicted octanol–water partition coefficient (Wildman–Crippen LogP) is 4.37. The Morgan fingerprint density at radius 2 is 1.81 bits per heavy atom. The number of nitrogens with two attached hydrogens (primary N) is 1. The lowest BCUT2D eigenvalue weighted by Crippen LogP contribution is -2.37. The molecule has 1 aromatic carbocycles. The van der Waals surface area contributed by atoms with Crippen molar-refractivity contribution in [1.29, 1.82) is 0 Å². The van der Waals surface area contributed by atoms with Gasteiger partial charge in [-0.1, -0.05) is 44.2 Å². The molecule has 1 saturated carbocycles. The number of rotatable bonds is 6. The fourth-order valence-corrected chi connectivity index (χ4v) is 3.43. The van der Waals surface area contributed by atoms with Crippen molar-refractivity contribution in [3.8, 4) is 0 Å². The Hall–Kier alpha value is -0.860. The summed E-state index contributed by atoms with van der Waals surface area (Å²) >= 11 is 0. The third kappa shape index (κ3) is 5.12. The molecule has 0 saturated heterocycles. The number of hydrogen-bond acceptors (Lipinski definition) is 2. The van der Waals surface area contributed by atoms with Gasteiger partial charge in [-0.2, -0.15) is 0 Å². The Labute approximate surface area is 130 Å². The third-order valence-corrected chi connectivity index (χ3v) is 5.19. The van der Waals surface area contributed by atoms with Gasteiger partial charge in [0, 0.05) is 12.1 Å². The Balaban J connectivity index is 1.69. The van der Waals surface area contributed by atoms with Crippen LogP contribution in [0.15, 0.2) is 30.3 Å². The minimum atomic E-state index is 0.185. The van der Waals surface area contributed by atoms with Crippen LogP contribution >= 0.6 is 0 Å². The first-order valence-corrected chi connectivity index (χ1v) is 8.49. The summed E-state index contributed by atoms with van der Waals surface area (Å²) in [5.41, 5.74) is 8.10. The lowest BCUT2D eigenvalue weighted by molar-refractivity contribution is 0.126. The van der Waals surface area contributed by atoms with Gasteiger partial charge in [-0.3, -0.25) is 0 Å². The van der Waals surface area contributed by atoms with Gasteiger partial charge in [0.05, 0.1) is 0 Å². The molecule has 1 aromatic rings.